The number of nitrogens with zero attached hydrogens (tertiary/aromatic N) is 2. The normalized spacial score (nSPS) is 25.8. The van der Waals surface area contributed by atoms with Crippen LogP contribution in [0.2, 0.25) is 0 Å². The summed E-state index contributed by atoms with van der Waals surface area (Å²) >= 11 is 0. The molecule has 2 heterocycles. The lowest BCUT2D eigenvalue weighted by Crippen LogP contribution is -2.41. The lowest BCUT2D eigenvalue weighted by molar-refractivity contribution is -0.114. The Morgan fingerprint density at radius 2 is 1.88 bits per heavy atom. The number of hydrogen-bond acceptors (Lipinski definition) is 3. The quantitative estimate of drug-likeness (QED) is 0.780. The van der Waals surface area contributed by atoms with Crippen LogP contribution in [0.25, 0.3) is 6.08 Å². The maximum absolute atomic E-state index is 14.4. The second-order valence-electron chi connectivity index (χ2n) is 7.74. The smallest absolute Gasteiger partial charge is 0.398 e. The molecule has 3 rings (SSSR count). The summed E-state index contributed by atoms with van der Waals surface area (Å²) in [5.74, 6) is -2.62. The van der Waals surface area contributed by atoms with Gasteiger partial charge in [-0.25, -0.2) is 13.2 Å². The van der Waals surface area contributed by atoms with Crippen LogP contribution in [-0.2, 0) is 15.9 Å². The molecule has 1 saturated heterocycles. The van der Waals surface area contributed by atoms with E-state index in [0.29, 0.717) is 12.1 Å². The van der Waals surface area contributed by atoms with Gasteiger partial charge in [0.15, 0.2) is 0 Å². The largest absolute Gasteiger partial charge is 0.525 e. The summed E-state index contributed by atoms with van der Waals surface area (Å²) in [5.41, 5.74) is -1.21. The minimum Gasteiger partial charge on any atom is -0.398 e. The second-order valence-corrected chi connectivity index (χ2v) is 7.74. The van der Waals surface area contributed by atoms with E-state index < -0.39 is 30.0 Å². The van der Waals surface area contributed by atoms with Gasteiger partial charge in [-0.05, 0) is 39.7 Å². The maximum atomic E-state index is 14.4. The van der Waals surface area contributed by atoms with Crippen LogP contribution in [0.15, 0.2) is 18.1 Å². The number of hydrogen-bond donors (Lipinski definition) is 0. The first kappa shape index (κ1) is 17.5. The summed E-state index contributed by atoms with van der Waals surface area (Å²) in [5, 5.41) is 4.10. The molecule has 1 aliphatic heterocycles. The topological polar surface area (TPSA) is 36.3 Å². The monoisotopic (exact) mass is 342 g/mol. The Bertz CT molecular complexity index is 634. The first-order chi connectivity index (χ1) is 11.0. The van der Waals surface area contributed by atoms with Crippen molar-refractivity contribution < 1.29 is 22.5 Å². The Hall–Kier alpha value is -1.28. The van der Waals surface area contributed by atoms with Crippen molar-refractivity contribution in [1.29, 1.82) is 0 Å². The van der Waals surface area contributed by atoms with Gasteiger partial charge < -0.3 is 9.31 Å². The van der Waals surface area contributed by atoms with E-state index in [2.05, 4.69) is 5.10 Å². The molecule has 24 heavy (non-hydrogen) atoms. The van der Waals surface area contributed by atoms with Gasteiger partial charge in [0.2, 0.25) is 5.92 Å². The Morgan fingerprint density at radius 1 is 1.29 bits per heavy atom. The highest BCUT2D eigenvalue weighted by atomic mass is 19.3. The molecule has 0 N–H and O–H groups in total. The Labute approximate surface area is 140 Å². The molecule has 4 nitrogen and oxygen atoms in total. The number of alkyl halides is 2. The zero-order chi connectivity index (χ0) is 17.8. The highest BCUT2D eigenvalue weighted by Gasteiger charge is 2.53. The predicted molar refractivity (Wildman–Crippen MR) is 85.1 cm³/mol. The van der Waals surface area contributed by atoms with E-state index in [4.69, 9.17) is 9.31 Å². The van der Waals surface area contributed by atoms with Gasteiger partial charge in [-0.15, -0.1) is 0 Å². The summed E-state index contributed by atoms with van der Waals surface area (Å²) in [6.45, 7) is 7.83. The highest BCUT2D eigenvalue weighted by Crippen LogP contribution is 2.43. The fourth-order valence-electron chi connectivity index (χ4n) is 2.92. The van der Waals surface area contributed by atoms with Crippen LogP contribution in [0.4, 0.5) is 13.2 Å². The van der Waals surface area contributed by atoms with E-state index in [-0.39, 0.29) is 18.8 Å². The summed E-state index contributed by atoms with van der Waals surface area (Å²) in [4.78, 5) is 0. The van der Waals surface area contributed by atoms with Gasteiger partial charge in [-0.2, -0.15) is 5.10 Å². The number of halogens is 3. The van der Waals surface area contributed by atoms with E-state index in [1.165, 1.54) is 12.3 Å². The molecule has 1 aliphatic carbocycles. The molecule has 0 radical (unpaired) electrons. The van der Waals surface area contributed by atoms with E-state index >= 15 is 0 Å². The van der Waals surface area contributed by atoms with Crippen LogP contribution in [0.3, 0.4) is 0 Å². The maximum Gasteiger partial charge on any atom is 0.525 e. The Kier molecular flexibility index (Phi) is 4.11. The van der Waals surface area contributed by atoms with Gasteiger partial charge in [0, 0.05) is 31.1 Å². The van der Waals surface area contributed by atoms with Crippen molar-refractivity contribution in [3.8, 4) is 0 Å². The van der Waals surface area contributed by atoms with Crippen LogP contribution in [0.1, 0.15) is 46.1 Å². The minimum atomic E-state index is -2.54. The fourth-order valence-corrected chi connectivity index (χ4v) is 2.92. The molecule has 8 heteroatoms. The minimum absolute atomic E-state index is 0.0790. The molecule has 1 aromatic rings. The summed E-state index contributed by atoms with van der Waals surface area (Å²) in [7, 11) is -1.05. The first-order valence-corrected chi connectivity index (χ1v) is 8.10. The number of aromatic nitrogens is 2. The molecule has 0 spiro atoms. The van der Waals surface area contributed by atoms with Gasteiger partial charge in [-0.1, -0.05) is 0 Å². The third-order valence-corrected chi connectivity index (χ3v) is 5.06. The van der Waals surface area contributed by atoms with Crippen LogP contribution in [0.5, 0.6) is 0 Å². The van der Waals surface area contributed by atoms with E-state index in [0.717, 1.165) is 0 Å². The van der Waals surface area contributed by atoms with E-state index in [1.54, 1.807) is 10.9 Å². The van der Waals surface area contributed by atoms with Crippen molar-refractivity contribution in [3.05, 3.63) is 23.7 Å². The van der Waals surface area contributed by atoms with E-state index in [9.17, 15) is 13.2 Å². The molecule has 0 aromatic carbocycles. The molecule has 0 unspecified atom stereocenters. The zero-order valence-electron chi connectivity index (χ0n) is 14.4. The third kappa shape index (κ3) is 3.40. The van der Waals surface area contributed by atoms with Crippen molar-refractivity contribution in [2.24, 2.45) is 5.92 Å². The van der Waals surface area contributed by atoms with Crippen LogP contribution in [-0.4, -0.2) is 34.0 Å². The number of rotatable bonds is 4. The molecule has 0 atom stereocenters. The van der Waals surface area contributed by atoms with Gasteiger partial charge in [0.25, 0.3) is 0 Å². The predicted octanol–water partition coefficient (Wildman–Crippen LogP) is 3.87. The van der Waals surface area contributed by atoms with Crippen molar-refractivity contribution >= 4 is 13.2 Å². The molecule has 2 fully saturated rings. The molecule has 2 aliphatic rings. The molecule has 0 amide bonds. The molecule has 0 bridgehead atoms. The average Bonchev–Trinajstić information content (AvgIpc) is 2.90. The highest BCUT2D eigenvalue weighted by molar-refractivity contribution is 6.54. The Balaban J connectivity index is 1.63. The molecular weight excluding hydrogens is 320 g/mol. The zero-order valence-corrected chi connectivity index (χ0v) is 14.4. The van der Waals surface area contributed by atoms with Gasteiger partial charge in [0.1, 0.15) is 5.73 Å². The lowest BCUT2D eigenvalue weighted by Gasteiger charge is -2.34. The molecular formula is C16H22BF3N2O2. The Morgan fingerprint density at radius 3 is 2.42 bits per heavy atom. The fraction of sp³-hybridized carbons (Fsp3) is 0.688. The summed E-state index contributed by atoms with van der Waals surface area (Å²) in [6, 6.07) is 0. The molecule has 132 valence electrons. The first-order valence-electron chi connectivity index (χ1n) is 8.10. The SMILES string of the molecule is CC1(C)OB(C(F)=Cc2cnn(CC3CC(F)(F)C3)c2)OC1(C)C. The van der Waals surface area contributed by atoms with Gasteiger partial charge >= 0.3 is 7.12 Å². The standard InChI is InChI=1S/C16H22BF3N2O2/c1-14(2)15(3,4)24-17(23-14)13(18)5-11-8-21-22(9-11)10-12-6-16(19,20)7-12/h5,8-9,12H,6-7,10H2,1-4H3. The van der Waals surface area contributed by atoms with Crippen molar-refractivity contribution in [3.63, 3.8) is 0 Å². The van der Waals surface area contributed by atoms with Crippen LogP contribution >= 0.6 is 0 Å². The van der Waals surface area contributed by atoms with Gasteiger partial charge in [-0.3, -0.25) is 4.68 Å². The van der Waals surface area contributed by atoms with Crippen LogP contribution in [0, 0.1) is 5.92 Å². The summed E-state index contributed by atoms with van der Waals surface area (Å²) in [6.07, 6.45) is 4.23. The second kappa shape index (κ2) is 5.63. The van der Waals surface area contributed by atoms with Crippen molar-refractivity contribution in [2.45, 2.75) is 64.2 Å². The lowest BCUT2D eigenvalue weighted by atomic mass is 9.81. The van der Waals surface area contributed by atoms with Crippen molar-refractivity contribution in [1.82, 2.24) is 9.78 Å². The van der Waals surface area contributed by atoms with Crippen molar-refractivity contribution in [2.75, 3.05) is 0 Å². The van der Waals surface area contributed by atoms with Crippen LogP contribution < -0.4 is 0 Å². The van der Waals surface area contributed by atoms with E-state index in [1.807, 2.05) is 27.7 Å². The third-order valence-electron chi connectivity index (χ3n) is 5.06. The summed E-state index contributed by atoms with van der Waals surface area (Å²) < 4.78 is 53.0. The average molecular weight is 342 g/mol. The molecule has 1 saturated carbocycles. The molecule has 1 aromatic heterocycles. The van der Waals surface area contributed by atoms with Gasteiger partial charge in [0.05, 0.1) is 17.4 Å².